The molecule has 1 heterocycles. The lowest BCUT2D eigenvalue weighted by molar-refractivity contribution is 0.123. The molecule has 1 aromatic carbocycles. The third kappa shape index (κ3) is 2.44. The van der Waals surface area contributed by atoms with Gasteiger partial charge >= 0.3 is 0 Å². The molecule has 0 aliphatic carbocycles. The van der Waals surface area contributed by atoms with Crippen LogP contribution in [0.5, 0.6) is 5.75 Å². The van der Waals surface area contributed by atoms with Gasteiger partial charge in [0, 0.05) is 17.6 Å². The molecule has 2 rings (SSSR count). The van der Waals surface area contributed by atoms with Crippen LogP contribution in [0, 0.1) is 0 Å². The summed E-state index contributed by atoms with van der Waals surface area (Å²) >= 11 is 0. The molecule has 0 aliphatic heterocycles. The van der Waals surface area contributed by atoms with Gasteiger partial charge in [-0.2, -0.15) is 0 Å². The van der Waals surface area contributed by atoms with Crippen LogP contribution in [-0.2, 0) is 0 Å². The van der Waals surface area contributed by atoms with E-state index < -0.39 is 6.10 Å². The van der Waals surface area contributed by atoms with E-state index in [0.717, 1.165) is 16.7 Å². The first kappa shape index (κ1) is 9.93. The van der Waals surface area contributed by atoms with Gasteiger partial charge in [0.25, 0.3) is 0 Å². The number of fused-ring (bicyclic) bond motifs is 1. The highest BCUT2D eigenvalue weighted by Crippen LogP contribution is 2.18. The van der Waals surface area contributed by atoms with Gasteiger partial charge in [-0.05, 0) is 25.1 Å². The van der Waals surface area contributed by atoms with E-state index in [9.17, 15) is 0 Å². The van der Waals surface area contributed by atoms with Gasteiger partial charge < -0.3 is 9.84 Å². The highest BCUT2D eigenvalue weighted by molar-refractivity contribution is 5.79. The molecule has 3 nitrogen and oxygen atoms in total. The van der Waals surface area contributed by atoms with Gasteiger partial charge in [-0.1, -0.05) is 6.07 Å². The van der Waals surface area contributed by atoms with Crippen molar-refractivity contribution in [3.63, 3.8) is 0 Å². The van der Waals surface area contributed by atoms with Crippen molar-refractivity contribution >= 4 is 10.9 Å². The second-order valence-electron chi connectivity index (χ2n) is 3.52. The van der Waals surface area contributed by atoms with Crippen molar-refractivity contribution in [3.8, 4) is 5.75 Å². The molecule has 0 aliphatic rings. The molecule has 0 saturated carbocycles. The predicted molar refractivity (Wildman–Crippen MR) is 58.9 cm³/mol. The molecule has 78 valence electrons. The van der Waals surface area contributed by atoms with E-state index in [-0.39, 0.29) is 0 Å². The second kappa shape index (κ2) is 4.28. The Bertz CT molecular complexity index is 454. The fourth-order valence-electron chi connectivity index (χ4n) is 1.35. The standard InChI is InChI=1S/C12H13NO2/c1-9(14)8-15-11-5-4-10-3-2-6-13-12(10)7-11/h2-7,9,14H,8H2,1H3. The number of benzene rings is 1. The Balaban J connectivity index is 2.23. The number of pyridine rings is 1. The topological polar surface area (TPSA) is 42.4 Å². The summed E-state index contributed by atoms with van der Waals surface area (Å²) in [7, 11) is 0. The molecule has 0 saturated heterocycles. The lowest BCUT2D eigenvalue weighted by Gasteiger charge is -2.08. The maximum absolute atomic E-state index is 9.09. The summed E-state index contributed by atoms with van der Waals surface area (Å²) < 4.78 is 5.39. The lowest BCUT2D eigenvalue weighted by Crippen LogP contribution is -2.12. The largest absolute Gasteiger partial charge is 0.491 e. The van der Waals surface area contributed by atoms with Crippen LogP contribution in [0.3, 0.4) is 0 Å². The molecule has 0 bridgehead atoms. The van der Waals surface area contributed by atoms with Gasteiger partial charge in [0.15, 0.2) is 0 Å². The molecule has 0 spiro atoms. The fourth-order valence-corrected chi connectivity index (χ4v) is 1.35. The normalized spacial score (nSPS) is 12.7. The van der Waals surface area contributed by atoms with Crippen LogP contribution in [0.25, 0.3) is 10.9 Å². The highest BCUT2D eigenvalue weighted by Gasteiger charge is 2.00. The first-order valence-corrected chi connectivity index (χ1v) is 4.91. The molecule has 3 heteroatoms. The summed E-state index contributed by atoms with van der Waals surface area (Å²) in [5, 5.41) is 10.2. The average Bonchev–Trinajstić information content (AvgIpc) is 2.26. The van der Waals surface area contributed by atoms with Gasteiger partial charge in [-0.25, -0.2) is 0 Å². The number of nitrogens with zero attached hydrogens (tertiary/aromatic N) is 1. The molecule has 15 heavy (non-hydrogen) atoms. The number of ether oxygens (including phenoxy) is 1. The maximum atomic E-state index is 9.09. The third-order valence-electron chi connectivity index (χ3n) is 2.07. The summed E-state index contributed by atoms with van der Waals surface area (Å²) in [4.78, 5) is 4.23. The summed E-state index contributed by atoms with van der Waals surface area (Å²) in [6, 6.07) is 9.61. The van der Waals surface area contributed by atoms with Crippen molar-refractivity contribution in [2.75, 3.05) is 6.61 Å². The monoisotopic (exact) mass is 203 g/mol. The maximum Gasteiger partial charge on any atom is 0.121 e. The third-order valence-corrected chi connectivity index (χ3v) is 2.07. The minimum Gasteiger partial charge on any atom is -0.491 e. The van der Waals surface area contributed by atoms with Crippen LogP contribution in [0.15, 0.2) is 36.5 Å². The van der Waals surface area contributed by atoms with Crippen LogP contribution in [0.4, 0.5) is 0 Å². The van der Waals surface area contributed by atoms with Crippen molar-refractivity contribution in [2.45, 2.75) is 13.0 Å². The van der Waals surface area contributed by atoms with E-state index in [1.165, 1.54) is 0 Å². The zero-order chi connectivity index (χ0) is 10.7. The van der Waals surface area contributed by atoms with Crippen LogP contribution in [-0.4, -0.2) is 22.8 Å². The van der Waals surface area contributed by atoms with E-state index >= 15 is 0 Å². The first-order valence-electron chi connectivity index (χ1n) is 4.91. The van der Waals surface area contributed by atoms with E-state index in [1.54, 1.807) is 13.1 Å². The quantitative estimate of drug-likeness (QED) is 0.829. The van der Waals surface area contributed by atoms with E-state index in [1.807, 2.05) is 30.3 Å². The van der Waals surface area contributed by atoms with Crippen molar-refractivity contribution in [2.24, 2.45) is 0 Å². The Morgan fingerprint density at radius 2 is 2.27 bits per heavy atom. The number of hydrogen-bond donors (Lipinski definition) is 1. The minimum absolute atomic E-state index is 0.304. The van der Waals surface area contributed by atoms with E-state index in [2.05, 4.69) is 4.98 Å². The molecule has 0 radical (unpaired) electrons. The lowest BCUT2D eigenvalue weighted by atomic mass is 10.2. The van der Waals surface area contributed by atoms with Crippen molar-refractivity contribution < 1.29 is 9.84 Å². The van der Waals surface area contributed by atoms with Crippen LogP contribution < -0.4 is 4.74 Å². The van der Waals surface area contributed by atoms with Crippen LogP contribution >= 0.6 is 0 Å². The van der Waals surface area contributed by atoms with Gasteiger partial charge in [-0.3, -0.25) is 4.98 Å². The van der Waals surface area contributed by atoms with E-state index in [0.29, 0.717) is 6.61 Å². The summed E-state index contributed by atoms with van der Waals surface area (Å²) in [5.41, 5.74) is 0.903. The molecule has 0 fully saturated rings. The molecule has 1 atom stereocenters. The molecule has 0 amide bonds. The number of aliphatic hydroxyl groups is 1. The number of aliphatic hydroxyl groups excluding tert-OH is 1. The molecule has 1 unspecified atom stereocenters. The smallest absolute Gasteiger partial charge is 0.121 e. The Labute approximate surface area is 88.3 Å². The minimum atomic E-state index is -0.454. The van der Waals surface area contributed by atoms with Crippen LogP contribution in [0.1, 0.15) is 6.92 Å². The molecule has 2 aromatic rings. The summed E-state index contributed by atoms with van der Waals surface area (Å²) in [5.74, 6) is 0.738. The van der Waals surface area contributed by atoms with Crippen molar-refractivity contribution in [1.29, 1.82) is 0 Å². The second-order valence-corrected chi connectivity index (χ2v) is 3.52. The SMILES string of the molecule is CC(O)COc1ccc2cccnc2c1. The number of aromatic nitrogens is 1. The number of rotatable bonds is 3. The fraction of sp³-hybridized carbons (Fsp3) is 0.250. The Kier molecular flexibility index (Phi) is 2.83. The number of hydrogen-bond acceptors (Lipinski definition) is 3. The van der Waals surface area contributed by atoms with Crippen LogP contribution in [0.2, 0.25) is 0 Å². The molecular weight excluding hydrogens is 190 g/mol. The van der Waals surface area contributed by atoms with E-state index in [4.69, 9.17) is 9.84 Å². The van der Waals surface area contributed by atoms with Gasteiger partial charge in [0.05, 0.1) is 11.6 Å². The zero-order valence-corrected chi connectivity index (χ0v) is 8.55. The average molecular weight is 203 g/mol. The van der Waals surface area contributed by atoms with Gasteiger partial charge in [-0.15, -0.1) is 0 Å². The molecule has 1 aromatic heterocycles. The predicted octanol–water partition coefficient (Wildman–Crippen LogP) is 1.99. The molecular formula is C12H13NO2. The first-order chi connectivity index (χ1) is 7.25. The molecule has 1 N–H and O–H groups in total. The summed E-state index contributed by atoms with van der Waals surface area (Å²) in [6.07, 6.45) is 1.30. The Morgan fingerprint density at radius 1 is 1.40 bits per heavy atom. The van der Waals surface area contributed by atoms with Crippen molar-refractivity contribution in [1.82, 2.24) is 4.98 Å². The summed E-state index contributed by atoms with van der Waals surface area (Å²) in [6.45, 7) is 2.00. The zero-order valence-electron chi connectivity index (χ0n) is 8.55. The van der Waals surface area contributed by atoms with Gasteiger partial charge in [0.2, 0.25) is 0 Å². The highest BCUT2D eigenvalue weighted by atomic mass is 16.5. The van der Waals surface area contributed by atoms with Crippen molar-refractivity contribution in [3.05, 3.63) is 36.5 Å². The Hall–Kier alpha value is -1.61. The van der Waals surface area contributed by atoms with Gasteiger partial charge in [0.1, 0.15) is 12.4 Å². The Morgan fingerprint density at radius 3 is 3.07 bits per heavy atom.